The summed E-state index contributed by atoms with van der Waals surface area (Å²) >= 11 is 0. The average molecular weight is 381 g/mol. The molecule has 3 heterocycles. The first-order valence-corrected chi connectivity index (χ1v) is 9.84. The third-order valence-corrected chi connectivity index (χ3v) is 4.70. The lowest BCUT2D eigenvalue weighted by molar-refractivity contribution is 0.0962. The number of anilines is 1. The van der Waals surface area contributed by atoms with Gasteiger partial charge in [0.2, 0.25) is 0 Å². The fraction of sp³-hybridized carbons (Fsp3) is 0.455. The molecule has 28 heavy (non-hydrogen) atoms. The van der Waals surface area contributed by atoms with Gasteiger partial charge in [0.25, 0.3) is 0 Å². The Morgan fingerprint density at radius 3 is 2.43 bits per heavy atom. The van der Waals surface area contributed by atoms with Gasteiger partial charge in [-0.2, -0.15) is 0 Å². The molecule has 0 radical (unpaired) electrons. The summed E-state index contributed by atoms with van der Waals surface area (Å²) in [5, 5.41) is 0. The monoisotopic (exact) mass is 381 g/mol. The molecule has 3 rings (SSSR count). The molecule has 2 aromatic heterocycles. The molecule has 0 aromatic carbocycles. The molecule has 1 saturated heterocycles. The summed E-state index contributed by atoms with van der Waals surface area (Å²) in [7, 11) is 0. The van der Waals surface area contributed by atoms with Gasteiger partial charge in [0.15, 0.2) is 11.6 Å². The molecule has 0 bridgehead atoms. The predicted molar refractivity (Wildman–Crippen MR) is 108 cm³/mol. The molecule has 0 saturated carbocycles. The molecular formula is C22H27N3O3. The van der Waals surface area contributed by atoms with Gasteiger partial charge < -0.3 is 9.64 Å². The van der Waals surface area contributed by atoms with E-state index in [2.05, 4.69) is 14.9 Å². The number of ether oxygens (including phenoxy) is 1. The van der Waals surface area contributed by atoms with Crippen LogP contribution in [0.25, 0.3) is 0 Å². The van der Waals surface area contributed by atoms with E-state index in [0.29, 0.717) is 30.7 Å². The normalized spacial score (nSPS) is 14.3. The van der Waals surface area contributed by atoms with Crippen LogP contribution in [-0.2, 0) is 11.2 Å². The highest BCUT2D eigenvalue weighted by Crippen LogP contribution is 2.15. The number of carbonyl (C=O) groups is 2. The Balaban J connectivity index is 1.57. The largest absolute Gasteiger partial charge is 0.378 e. The summed E-state index contributed by atoms with van der Waals surface area (Å²) in [5.41, 5.74) is 1.74. The van der Waals surface area contributed by atoms with Gasteiger partial charge in [-0.15, -0.1) is 0 Å². The number of morpholine rings is 1. The van der Waals surface area contributed by atoms with Crippen molar-refractivity contribution in [1.82, 2.24) is 9.97 Å². The van der Waals surface area contributed by atoms with Crippen molar-refractivity contribution in [2.75, 3.05) is 31.2 Å². The maximum Gasteiger partial charge on any atom is 0.181 e. The van der Waals surface area contributed by atoms with E-state index in [0.717, 1.165) is 37.7 Å². The lowest BCUT2D eigenvalue weighted by atomic mass is 10.0. The number of hydrogen-bond acceptors (Lipinski definition) is 6. The van der Waals surface area contributed by atoms with Crippen molar-refractivity contribution in [2.45, 2.75) is 33.1 Å². The number of Topliss-reactive ketones (excluding diaryl/α,β-unsaturated/α-hetero) is 2. The van der Waals surface area contributed by atoms with Gasteiger partial charge in [-0.25, -0.2) is 9.97 Å². The molecule has 2 aromatic rings. The van der Waals surface area contributed by atoms with E-state index < -0.39 is 0 Å². The average Bonchev–Trinajstić information content (AvgIpc) is 2.72. The number of pyridine rings is 2. The highest BCUT2D eigenvalue weighted by Gasteiger charge is 2.15. The highest BCUT2D eigenvalue weighted by atomic mass is 16.5. The lowest BCUT2D eigenvalue weighted by Gasteiger charge is -2.27. The molecule has 1 aliphatic rings. The minimum Gasteiger partial charge on any atom is -0.378 e. The van der Waals surface area contributed by atoms with Crippen LogP contribution in [0.5, 0.6) is 0 Å². The van der Waals surface area contributed by atoms with E-state index >= 15 is 0 Å². The van der Waals surface area contributed by atoms with Crippen molar-refractivity contribution >= 4 is 17.4 Å². The Morgan fingerprint density at radius 1 is 1.07 bits per heavy atom. The molecular weight excluding hydrogens is 354 g/mol. The summed E-state index contributed by atoms with van der Waals surface area (Å²) in [4.78, 5) is 35.7. The molecule has 0 unspecified atom stereocenters. The topological polar surface area (TPSA) is 72.4 Å². The second kappa shape index (κ2) is 9.55. The van der Waals surface area contributed by atoms with Gasteiger partial charge in [-0.05, 0) is 36.1 Å². The van der Waals surface area contributed by atoms with Crippen LogP contribution in [0.15, 0.2) is 36.5 Å². The zero-order valence-electron chi connectivity index (χ0n) is 16.6. The first-order chi connectivity index (χ1) is 13.5. The summed E-state index contributed by atoms with van der Waals surface area (Å²) < 4.78 is 5.36. The van der Waals surface area contributed by atoms with Crippen LogP contribution in [0.4, 0.5) is 5.82 Å². The minimum atomic E-state index is -0.0588. The van der Waals surface area contributed by atoms with E-state index in [1.165, 1.54) is 0 Å². The van der Waals surface area contributed by atoms with Crippen LogP contribution in [0.3, 0.4) is 0 Å². The first-order valence-electron chi connectivity index (χ1n) is 9.84. The van der Waals surface area contributed by atoms with E-state index in [1.807, 2.05) is 32.2 Å². The fourth-order valence-electron chi connectivity index (χ4n) is 3.15. The van der Waals surface area contributed by atoms with Crippen molar-refractivity contribution in [3.05, 3.63) is 53.5 Å². The van der Waals surface area contributed by atoms with Gasteiger partial charge in [0, 0.05) is 32.1 Å². The maximum atomic E-state index is 12.5. The molecule has 0 N–H and O–H groups in total. The molecule has 148 valence electrons. The SMILES string of the molecule is CC(C)CC(=O)c1cccc(C(=O)CCc2ccc(N3CCOCC3)nc2)n1. The molecule has 1 fully saturated rings. The van der Waals surface area contributed by atoms with Crippen LogP contribution in [-0.4, -0.2) is 47.8 Å². The van der Waals surface area contributed by atoms with Crippen molar-refractivity contribution in [3.63, 3.8) is 0 Å². The fourth-order valence-corrected chi connectivity index (χ4v) is 3.15. The molecule has 1 aliphatic heterocycles. The van der Waals surface area contributed by atoms with Gasteiger partial charge in [-0.3, -0.25) is 9.59 Å². The Kier molecular flexibility index (Phi) is 6.87. The smallest absolute Gasteiger partial charge is 0.181 e. The van der Waals surface area contributed by atoms with E-state index in [9.17, 15) is 9.59 Å². The molecule has 6 nitrogen and oxygen atoms in total. The Bertz CT molecular complexity index is 812. The van der Waals surface area contributed by atoms with Gasteiger partial charge in [-0.1, -0.05) is 26.0 Å². The lowest BCUT2D eigenvalue weighted by Crippen LogP contribution is -2.36. The van der Waals surface area contributed by atoms with Gasteiger partial charge in [0.05, 0.1) is 13.2 Å². The number of ketones is 2. The zero-order valence-corrected chi connectivity index (χ0v) is 16.6. The van der Waals surface area contributed by atoms with Crippen molar-refractivity contribution in [3.8, 4) is 0 Å². The van der Waals surface area contributed by atoms with Crippen LogP contribution in [0, 0.1) is 5.92 Å². The van der Waals surface area contributed by atoms with Crippen molar-refractivity contribution in [1.29, 1.82) is 0 Å². The summed E-state index contributed by atoms with van der Waals surface area (Å²) in [5.74, 6) is 1.13. The first kappa shape index (κ1) is 20.1. The van der Waals surface area contributed by atoms with Crippen molar-refractivity contribution in [2.24, 2.45) is 5.92 Å². The molecule has 6 heteroatoms. The van der Waals surface area contributed by atoms with Crippen LogP contribution in [0.2, 0.25) is 0 Å². The van der Waals surface area contributed by atoms with Gasteiger partial charge >= 0.3 is 0 Å². The quantitative estimate of drug-likeness (QED) is 0.653. The van der Waals surface area contributed by atoms with Crippen molar-refractivity contribution < 1.29 is 14.3 Å². The van der Waals surface area contributed by atoms with Crippen LogP contribution in [0.1, 0.15) is 53.2 Å². The van der Waals surface area contributed by atoms with E-state index in [1.54, 1.807) is 18.2 Å². The minimum absolute atomic E-state index is 0.0208. The second-order valence-electron chi connectivity index (χ2n) is 7.48. The number of nitrogens with zero attached hydrogens (tertiary/aromatic N) is 3. The highest BCUT2D eigenvalue weighted by molar-refractivity contribution is 5.98. The van der Waals surface area contributed by atoms with Crippen LogP contribution >= 0.6 is 0 Å². The number of aryl methyl sites for hydroxylation is 1. The molecule has 0 spiro atoms. The third kappa shape index (κ3) is 5.45. The van der Waals surface area contributed by atoms with E-state index in [4.69, 9.17) is 4.74 Å². The predicted octanol–water partition coefficient (Wildman–Crippen LogP) is 3.36. The molecule has 0 atom stereocenters. The number of rotatable bonds is 8. The Hall–Kier alpha value is -2.60. The summed E-state index contributed by atoms with van der Waals surface area (Å²) in [6.07, 6.45) is 3.20. The zero-order chi connectivity index (χ0) is 19.9. The number of aromatic nitrogens is 2. The summed E-state index contributed by atoms with van der Waals surface area (Å²) in [6.45, 7) is 7.13. The maximum absolute atomic E-state index is 12.5. The number of hydrogen-bond donors (Lipinski definition) is 0. The number of carbonyl (C=O) groups excluding carboxylic acids is 2. The van der Waals surface area contributed by atoms with E-state index in [-0.39, 0.29) is 17.5 Å². The molecule has 0 aliphatic carbocycles. The standard InChI is InChI=1S/C22H27N3O3/c1-16(2)14-21(27)19-5-3-4-18(24-19)20(26)8-6-17-7-9-22(23-15-17)25-10-12-28-13-11-25/h3-5,7,9,15-16H,6,8,10-14H2,1-2H3. The third-order valence-electron chi connectivity index (χ3n) is 4.70. The van der Waals surface area contributed by atoms with Gasteiger partial charge in [0.1, 0.15) is 17.2 Å². The Morgan fingerprint density at radius 2 is 1.79 bits per heavy atom. The summed E-state index contributed by atoms with van der Waals surface area (Å²) in [6, 6.07) is 9.09. The second-order valence-corrected chi connectivity index (χ2v) is 7.48. The Labute approximate surface area is 165 Å². The molecule has 0 amide bonds. The van der Waals surface area contributed by atoms with Crippen LogP contribution < -0.4 is 4.90 Å².